The van der Waals surface area contributed by atoms with Gasteiger partial charge in [0.15, 0.2) is 0 Å². The lowest BCUT2D eigenvalue weighted by atomic mass is 10.1. The van der Waals surface area contributed by atoms with E-state index in [2.05, 4.69) is 10.3 Å². The predicted octanol–water partition coefficient (Wildman–Crippen LogP) is 3.67. The SMILES string of the molecule is Cc1c(C(=O)NCc2cccnc2)sc2cccc(F)c12. The highest BCUT2D eigenvalue weighted by atomic mass is 32.1. The van der Waals surface area contributed by atoms with Crippen molar-refractivity contribution in [2.24, 2.45) is 0 Å². The first-order valence-electron chi connectivity index (χ1n) is 6.51. The maximum absolute atomic E-state index is 13.8. The van der Waals surface area contributed by atoms with Crippen LogP contribution in [0.15, 0.2) is 42.7 Å². The lowest BCUT2D eigenvalue weighted by molar-refractivity contribution is 0.0954. The summed E-state index contributed by atoms with van der Waals surface area (Å²) in [6.07, 6.45) is 3.39. The molecule has 2 aromatic heterocycles. The highest BCUT2D eigenvalue weighted by Gasteiger charge is 2.17. The van der Waals surface area contributed by atoms with Crippen LogP contribution in [0.1, 0.15) is 20.8 Å². The smallest absolute Gasteiger partial charge is 0.261 e. The Balaban J connectivity index is 1.85. The predicted molar refractivity (Wildman–Crippen MR) is 81.9 cm³/mol. The Labute approximate surface area is 125 Å². The van der Waals surface area contributed by atoms with Crippen LogP contribution in [-0.2, 0) is 6.54 Å². The largest absolute Gasteiger partial charge is 0.347 e. The molecule has 21 heavy (non-hydrogen) atoms. The third-order valence-corrected chi connectivity index (χ3v) is 4.54. The van der Waals surface area contributed by atoms with E-state index in [1.807, 2.05) is 18.2 Å². The number of rotatable bonds is 3. The van der Waals surface area contributed by atoms with Gasteiger partial charge in [0, 0.05) is 29.0 Å². The Hall–Kier alpha value is -2.27. The number of aryl methyl sites for hydroxylation is 1. The molecular formula is C16H13FN2OS. The number of thiophene rings is 1. The molecule has 0 unspecified atom stereocenters. The molecule has 0 spiro atoms. The van der Waals surface area contributed by atoms with Crippen molar-refractivity contribution in [2.75, 3.05) is 0 Å². The van der Waals surface area contributed by atoms with Crippen molar-refractivity contribution in [1.29, 1.82) is 0 Å². The maximum atomic E-state index is 13.8. The number of hydrogen-bond donors (Lipinski definition) is 1. The zero-order valence-electron chi connectivity index (χ0n) is 11.4. The first-order valence-corrected chi connectivity index (χ1v) is 7.33. The van der Waals surface area contributed by atoms with Crippen LogP contribution in [0.5, 0.6) is 0 Å². The molecule has 2 heterocycles. The number of pyridine rings is 1. The quantitative estimate of drug-likeness (QED) is 0.802. The normalized spacial score (nSPS) is 10.8. The molecule has 5 heteroatoms. The van der Waals surface area contributed by atoms with Crippen molar-refractivity contribution >= 4 is 27.3 Å². The molecule has 0 aliphatic carbocycles. The van der Waals surface area contributed by atoms with E-state index < -0.39 is 0 Å². The van der Waals surface area contributed by atoms with E-state index in [0.29, 0.717) is 22.4 Å². The van der Waals surface area contributed by atoms with Crippen LogP contribution in [-0.4, -0.2) is 10.9 Å². The van der Waals surface area contributed by atoms with Crippen LogP contribution in [0, 0.1) is 12.7 Å². The first-order chi connectivity index (χ1) is 10.2. The minimum atomic E-state index is -0.285. The fourth-order valence-corrected chi connectivity index (χ4v) is 3.37. The van der Waals surface area contributed by atoms with E-state index in [1.165, 1.54) is 17.4 Å². The number of halogens is 1. The number of amides is 1. The summed E-state index contributed by atoms with van der Waals surface area (Å²) in [5, 5.41) is 3.38. The number of nitrogens with zero attached hydrogens (tertiary/aromatic N) is 1. The standard InChI is InChI=1S/C16H13FN2OS/c1-10-14-12(17)5-2-6-13(14)21-15(10)16(20)19-9-11-4-3-7-18-8-11/h2-8H,9H2,1H3,(H,19,20). The Morgan fingerprint density at radius 2 is 2.19 bits per heavy atom. The highest BCUT2D eigenvalue weighted by Crippen LogP contribution is 2.32. The van der Waals surface area contributed by atoms with Crippen LogP contribution in [0.3, 0.4) is 0 Å². The number of carbonyl (C=O) groups is 1. The third-order valence-electron chi connectivity index (χ3n) is 3.29. The van der Waals surface area contributed by atoms with Crippen LogP contribution in [0.2, 0.25) is 0 Å². The number of hydrogen-bond acceptors (Lipinski definition) is 3. The number of aromatic nitrogens is 1. The van der Waals surface area contributed by atoms with Gasteiger partial charge in [0.1, 0.15) is 5.82 Å². The number of carbonyl (C=O) groups excluding carboxylic acids is 1. The Morgan fingerprint density at radius 3 is 2.90 bits per heavy atom. The van der Waals surface area contributed by atoms with Gasteiger partial charge in [-0.05, 0) is 36.2 Å². The van der Waals surface area contributed by atoms with E-state index >= 15 is 0 Å². The average molecular weight is 300 g/mol. The molecule has 1 aromatic carbocycles. The van der Waals surface area contributed by atoms with Crippen molar-refractivity contribution in [3.8, 4) is 0 Å². The second-order valence-electron chi connectivity index (χ2n) is 4.71. The summed E-state index contributed by atoms with van der Waals surface area (Å²) in [6, 6.07) is 8.62. The van der Waals surface area contributed by atoms with Gasteiger partial charge in [0.05, 0.1) is 4.88 Å². The molecule has 0 bridgehead atoms. The van der Waals surface area contributed by atoms with Crippen molar-refractivity contribution in [2.45, 2.75) is 13.5 Å². The van der Waals surface area contributed by atoms with Gasteiger partial charge >= 0.3 is 0 Å². The Kier molecular flexibility index (Phi) is 3.66. The van der Waals surface area contributed by atoms with Gasteiger partial charge in [-0.15, -0.1) is 11.3 Å². The third kappa shape index (κ3) is 2.64. The lowest BCUT2D eigenvalue weighted by Crippen LogP contribution is -2.22. The van der Waals surface area contributed by atoms with E-state index in [4.69, 9.17) is 0 Å². The van der Waals surface area contributed by atoms with E-state index in [9.17, 15) is 9.18 Å². The molecule has 1 N–H and O–H groups in total. The first kappa shape index (κ1) is 13.7. The Morgan fingerprint density at radius 1 is 1.33 bits per heavy atom. The van der Waals surface area contributed by atoms with Gasteiger partial charge in [-0.1, -0.05) is 12.1 Å². The summed E-state index contributed by atoms with van der Waals surface area (Å²) in [7, 11) is 0. The topological polar surface area (TPSA) is 42.0 Å². The summed E-state index contributed by atoms with van der Waals surface area (Å²) in [4.78, 5) is 16.8. The molecule has 3 rings (SSSR count). The number of nitrogens with one attached hydrogen (secondary N) is 1. The van der Waals surface area contributed by atoms with Gasteiger partial charge in [0.25, 0.3) is 5.91 Å². The lowest BCUT2D eigenvalue weighted by Gasteiger charge is -2.04. The van der Waals surface area contributed by atoms with Gasteiger partial charge in [-0.25, -0.2) is 4.39 Å². The zero-order chi connectivity index (χ0) is 14.8. The highest BCUT2D eigenvalue weighted by molar-refractivity contribution is 7.21. The van der Waals surface area contributed by atoms with E-state index in [-0.39, 0.29) is 11.7 Å². The number of fused-ring (bicyclic) bond motifs is 1. The number of benzene rings is 1. The molecule has 0 saturated carbocycles. The second kappa shape index (κ2) is 5.61. The molecule has 0 aliphatic rings. The van der Waals surface area contributed by atoms with Gasteiger partial charge in [-0.3, -0.25) is 9.78 Å². The molecule has 1 amide bonds. The molecule has 0 fully saturated rings. The van der Waals surface area contributed by atoms with Crippen molar-refractivity contribution in [1.82, 2.24) is 10.3 Å². The van der Waals surface area contributed by atoms with Crippen LogP contribution in [0.25, 0.3) is 10.1 Å². The molecule has 106 valence electrons. The van der Waals surface area contributed by atoms with Crippen LogP contribution in [0.4, 0.5) is 4.39 Å². The fraction of sp³-hybridized carbons (Fsp3) is 0.125. The van der Waals surface area contributed by atoms with E-state index in [0.717, 1.165) is 10.3 Å². The molecular weight excluding hydrogens is 287 g/mol. The molecule has 0 saturated heterocycles. The van der Waals surface area contributed by atoms with Crippen molar-refractivity contribution < 1.29 is 9.18 Å². The molecule has 3 aromatic rings. The Bertz CT molecular complexity index is 799. The average Bonchev–Trinajstić information content (AvgIpc) is 2.84. The van der Waals surface area contributed by atoms with Gasteiger partial charge in [0.2, 0.25) is 0 Å². The second-order valence-corrected chi connectivity index (χ2v) is 5.77. The monoisotopic (exact) mass is 300 g/mol. The van der Waals surface area contributed by atoms with Crippen molar-refractivity contribution in [3.63, 3.8) is 0 Å². The molecule has 0 radical (unpaired) electrons. The van der Waals surface area contributed by atoms with Crippen LogP contribution >= 0.6 is 11.3 Å². The fourth-order valence-electron chi connectivity index (χ4n) is 2.24. The molecule has 0 atom stereocenters. The summed E-state index contributed by atoms with van der Waals surface area (Å²) in [6.45, 7) is 2.18. The van der Waals surface area contributed by atoms with Gasteiger partial charge < -0.3 is 5.32 Å². The summed E-state index contributed by atoms with van der Waals surface area (Å²) in [5.41, 5.74) is 1.62. The van der Waals surface area contributed by atoms with Crippen molar-refractivity contribution in [3.05, 3.63) is 64.5 Å². The van der Waals surface area contributed by atoms with Gasteiger partial charge in [-0.2, -0.15) is 0 Å². The summed E-state index contributed by atoms with van der Waals surface area (Å²) in [5.74, 6) is -0.468. The zero-order valence-corrected chi connectivity index (χ0v) is 12.2. The van der Waals surface area contributed by atoms with E-state index in [1.54, 1.807) is 25.4 Å². The minimum Gasteiger partial charge on any atom is -0.347 e. The summed E-state index contributed by atoms with van der Waals surface area (Å²) < 4.78 is 14.6. The summed E-state index contributed by atoms with van der Waals surface area (Å²) >= 11 is 1.31. The maximum Gasteiger partial charge on any atom is 0.261 e. The minimum absolute atomic E-state index is 0.183. The van der Waals surface area contributed by atoms with Crippen LogP contribution < -0.4 is 5.32 Å². The molecule has 3 nitrogen and oxygen atoms in total. The molecule has 0 aliphatic heterocycles.